The molecule has 0 aliphatic heterocycles. The first kappa shape index (κ1) is 77.0. The normalized spacial score (nSPS) is 12.6. The minimum atomic E-state index is -4.27. The Bertz CT molecular complexity index is 4650. The smallest absolute Gasteiger partial charge is 0.245 e. The molecule has 25 nitrogen and oxygen atoms in total. The van der Waals surface area contributed by atoms with Gasteiger partial charge in [0.05, 0.1) is 75.0 Å². The van der Waals surface area contributed by atoms with Gasteiger partial charge in [-0.15, -0.1) is 10.2 Å². The van der Waals surface area contributed by atoms with Gasteiger partial charge in [-0.05, 0) is 134 Å². The molecule has 10 aromatic rings. The van der Waals surface area contributed by atoms with Crippen LogP contribution in [-0.2, 0) is 71.5 Å². The number of aromatic nitrogens is 6. The first-order valence-corrected chi connectivity index (χ1v) is 36.5. The van der Waals surface area contributed by atoms with Crippen LogP contribution in [0.5, 0.6) is 11.5 Å². The number of rotatable bonds is 28. The lowest BCUT2D eigenvalue weighted by molar-refractivity contribution is -0.904. The molecule has 6 aromatic carbocycles. The summed E-state index contributed by atoms with van der Waals surface area (Å²) in [6.45, 7) is 11.1. The number of nitrogens with two attached hydrogens (primary N) is 1. The SMILES string of the molecule is CC(C)[C@@H](C(=O)NCc1ccc(C[N+](C)(C)CC[18F])o1)n1cc(-c2ccc(S(N)(=O)=O)cc2)nn1.COc1ccc(C(NS(=O)(=O)c2ccc(-c3cn([C@H](C(=O)NCc4ccc(CN(C)C)o4)C(C)C)nn3)cc2)(c2ccccc2)c2ccc(OC)cc2)cc1.Cc1ccc(S(=O)(=O)[O-])cc1. The summed E-state index contributed by atoms with van der Waals surface area (Å²) >= 11 is 0. The molecule has 2 amide bonds. The number of carbonyl (C=O) groups excluding carboxylic acids is 2. The van der Waals surface area contributed by atoms with Gasteiger partial charge >= 0.3 is 0 Å². The molecule has 4 heterocycles. The predicted molar refractivity (Wildman–Crippen MR) is 377 cm³/mol. The molecule has 4 aromatic heterocycles. The van der Waals surface area contributed by atoms with Crippen molar-refractivity contribution in [1.29, 1.82) is 0 Å². The van der Waals surface area contributed by atoms with Crippen molar-refractivity contribution in [3.63, 3.8) is 0 Å². The molecule has 0 radical (unpaired) electrons. The van der Waals surface area contributed by atoms with E-state index in [1.807, 2.05) is 141 Å². The second-order valence-corrected chi connectivity index (χ2v) is 30.1. The van der Waals surface area contributed by atoms with Crippen molar-refractivity contribution in [3.8, 4) is 34.0 Å². The van der Waals surface area contributed by atoms with Crippen LogP contribution >= 0.6 is 0 Å². The van der Waals surface area contributed by atoms with Crippen molar-refractivity contribution in [2.24, 2.45) is 17.0 Å². The van der Waals surface area contributed by atoms with Crippen LogP contribution in [-0.4, -0.2) is 137 Å². The Morgan fingerprint density at radius 2 is 1.01 bits per heavy atom. The number of carbonyl (C=O) groups is 2. The first-order valence-electron chi connectivity index (χ1n) is 32.0. The number of ether oxygens (including phenoxy) is 2. The van der Waals surface area contributed by atoms with E-state index in [1.54, 1.807) is 98.0 Å². The second kappa shape index (κ2) is 33.6. The van der Waals surface area contributed by atoms with Crippen molar-refractivity contribution in [2.45, 2.75) is 93.1 Å². The molecular weight excluding hydrogens is 1360 g/mol. The summed E-state index contributed by atoms with van der Waals surface area (Å²) in [7, 11) is -1.29. The molecule has 0 unspecified atom stereocenters. The Morgan fingerprint density at radius 1 is 0.594 bits per heavy atom. The van der Waals surface area contributed by atoms with Crippen LogP contribution in [0.3, 0.4) is 0 Å². The number of sulfonamides is 2. The number of amides is 2. The standard InChI is InChI=1S/C42H46N6O6S.C23H31FN6O4S.C7H8O3S/c1-29(2)40(41(49)43-26-36-22-23-37(54-36)27-47(3)4)48-28-39(44-46-48)30-12-24-38(25-13-30)55(50,51)45-42(31-10-8-7-9-11-31,32-14-18-34(52-5)19-15-32)33-16-20-35(53-6)21-17-33;1-16(2)22(23(31)26-13-18-7-8-19(34-18)15-30(3,4)12-11-24)29-14-21(27-28-29)17-5-9-20(10-6-17)35(25,32)33;1-6-2-4-7(5-3-6)11(8,9)10/h7-25,28-29,40,45H,26-27H2,1-6H3,(H,43,49);5-10,14,16,22H,11-13,15H2,1-4H3,(H2-,25,26,31,32,33);2-5H,1H3,(H,8,9,10)/t40-;22-;/m00./s1/i;24-1;. The van der Waals surface area contributed by atoms with E-state index < -0.39 is 54.5 Å². The number of halogens is 1. The van der Waals surface area contributed by atoms with Gasteiger partial charge < -0.3 is 42.9 Å². The number of nitrogens with zero attached hydrogens (tertiary/aromatic N) is 8. The van der Waals surface area contributed by atoms with E-state index in [1.165, 1.54) is 41.1 Å². The zero-order chi connectivity index (χ0) is 73.5. The quantitative estimate of drug-likeness (QED) is 0.0201. The molecular formula is C72H85FN12O13S3. The maximum atomic E-state index is 14.5. The summed E-state index contributed by atoms with van der Waals surface area (Å²) in [5.41, 5.74) is 3.94. The molecule has 0 aliphatic carbocycles. The van der Waals surface area contributed by atoms with Gasteiger partial charge in [-0.2, -0.15) is 4.72 Å². The Morgan fingerprint density at radius 3 is 1.43 bits per heavy atom. The minimum Gasteiger partial charge on any atom is -0.744 e. The van der Waals surface area contributed by atoms with E-state index in [9.17, 15) is 43.8 Å². The number of primary sulfonamides is 1. The third kappa shape index (κ3) is 20.5. The highest BCUT2D eigenvalue weighted by atomic mass is 32.2. The third-order valence-corrected chi connectivity index (χ3v) is 19.5. The molecule has 536 valence electrons. The molecule has 0 spiro atoms. The molecule has 0 bridgehead atoms. The van der Waals surface area contributed by atoms with Gasteiger partial charge in [-0.3, -0.25) is 9.59 Å². The lowest BCUT2D eigenvalue weighted by Gasteiger charge is -2.36. The van der Waals surface area contributed by atoms with Crippen molar-refractivity contribution in [1.82, 2.24) is 50.2 Å². The molecule has 2 atom stereocenters. The molecule has 101 heavy (non-hydrogen) atoms. The number of methoxy groups -OCH3 is 2. The Hall–Kier alpha value is -9.72. The second-order valence-electron chi connectivity index (χ2n) is 25.5. The fraction of sp³-hybridized carbons (Fsp3) is 0.306. The number of hydrogen-bond donors (Lipinski definition) is 4. The topological polar surface area (TPSA) is 331 Å². The summed E-state index contributed by atoms with van der Waals surface area (Å²) in [4.78, 5) is 28.3. The van der Waals surface area contributed by atoms with Crippen molar-refractivity contribution in [3.05, 3.63) is 234 Å². The van der Waals surface area contributed by atoms with Gasteiger partial charge in [0.15, 0.2) is 5.76 Å². The van der Waals surface area contributed by atoms with Gasteiger partial charge in [-0.1, -0.05) is 135 Å². The number of benzene rings is 6. The predicted octanol–water partition coefficient (Wildman–Crippen LogP) is 9.54. The maximum Gasteiger partial charge on any atom is 0.245 e. The minimum absolute atomic E-state index is 0.000850. The zero-order valence-corrected chi connectivity index (χ0v) is 60.5. The van der Waals surface area contributed by atoms with Gasteiger partial charge in [0.2, 0.25) is 31.9 Å². The van der Waals surface area contributed by atoms with E-state index >= 15 is 0 Å². The number of furan rings is 2. The first-order chi connectivity index (χ1) is 47.8. The van der Waals surface area contributed by atoms with E-state index in [0.717, 1.165) is 17.1 Å². The van der Waals surface area contributed by atoms with Crippen LogP contribution < -0.4 is 30.0 Å². The van der Waals surface area contributed by atoms with Gasteiger partial charge in [0, 0.05) is 11.1 Å². The highest BCUT2D eigenvalue weighted by Crippen LogP contribution is 2.40. The average molecular weight is 1440 g/mol. The number of nitrogens with one attached hydrogen (secondary N) is 3. The van der Waals surface area contributed by atoms with Gasteiger partial charge in [-0.25, -0.2) is 44.1 Å². The number of aryl methyl sites for hydroxylation is 1. The number of alkyl halides is 1. The molecule has 10 rings (SSSR count). The lowest BCUT2D eigenvalue weighted by atomic mass is 9.78. The summed E-state index contributed by atoms with van der Waals surface area (Å²) in [5, 5.41) is 27.9. The van der Waals surface area contributed by atoms with Crippen molar-refractivity contribution >= 4 is 42.0 Å². The van der Waals surface area contributed by atoms with E-state index in [4.69, 9.17) is 23.4 Å². The van der Waals surface area contributed by atoms with Crippen LogP contribution in [0.25, 0.3) is 22.5 Å². The zero-order valence-electron chi connectivity index (χ0n) is 58.0. The van der Waals surface area contributed by atoms with Gasteiger partial charge in [0.25, 0.3) is 0 Å². The van der Waals surface area contributed by atoms with Crippen molar-refractivity contribution < 1.29 is 66.6 Å². The highest BCUT2D eigenvalue weighted by Gasteiger charge is 2.41. The fourth-order valence-electron chi connectivity index (χ4n) is 11.0. The molecule has 0 saturated heterocycles. The van der Waals surface area contributed by atoms with Crippen LogP contribution in [0.15, 0.2) is 212 Å². The van der Waals surface area contributed by atoms with Crippen LogP contribution in [0.2, 0.25) is 0 Å². The molecule has 0 fully saturated rings. The van der Waals surface area contributed by atoms with E-state index in [0.29, 0.717) is 86.3 Å². The largest absolute Gasteiger partial charge is 0.744 e. The van der Waals surface area contributed by atoms with Gasteiger partial charge in [0.1, 0.15) is 87.7 Å². The van der Waals surface area contributed by atoms with E-state index in [2.05, 4.69) is 36.0 Å². The molecule has 5 N–H and O–H groups in total. The summed E-state index contributed by atoms with van der Waals surface area (Å²) < 4.78 is 125. The Labute approximate surface area is 588 Å². The average Bonchev–Trinajstić information content (AvgIpc) is 1.40. The Kier molecular flexibility index (Phi) is 25.6. The van der Waals surface area contributed by atoms with Crippen LogP contribution in [0.1, 0.15) is 85.1 Å². The highest BCUT2D eigenvalue weighted by molar-refractivity contribution is 7.89. The number of hydrogen-bond acceptors (Lipinski definition) is 18. The molecule has 0 saturated carbocycles. The maximum absolute atomic E-state index is 14.5. The lowest BCUT2D eigenvalue weighted by Crippen LogP contribution is -2.47. The number of quaternary nitrogens is 1. The summed E-state index contributed by atoms with van der Waals surface area (Å²) in [5.74, 6) is 3.43. The summed E-state index contributed by atoms with van der Waals surface area (Å²) in [6.07, 6.45) is 3.34. The van der Waals surface area contributed by atoms with Crippen molar-refractivity contribution in [2.75, 3.05) is 55.6 Å². The molecule has 0 aliphatic rings. The summed E-state index contributed by atoms with van der Waals surface area (Å²) in [6, 6.07) is 48.4. The third-order valence-electron chi connectivity index (χ3n) is 16.2. The van der Waals surface area contributed by atoms with E-state index in [-0.39, 0.29) is 51.4 Å². The van der Waals surface area contributed by atoms with Crippen LogP contribution in [0.4, 0.5) is 4.39 Å². The Balaban J connectivity index is 0.000000238. The molecule has 29 heteroatoms. The van der Waals surface area contributed by atoms with Crippen LogP contribution in [0, 0.1) is 18.8 Å². The fourth-order valence-corrected chi connectivity index (χ4v) is 13.3. The monoisotopic (exact) mass is 1440 g/mol.